The number of ether oxygens (including phenoxy) is 1. The number of nitro groups is 1. The summed E-state index contributed by atoms with van der Waals surface area (Å²) in [6, 6.07) is 13.5. The van der Waals surface area contributed by atoms with E-state index < -0.39 is 10.8 Å². The number of carbonyl (C=O) groups excluding carboxylic acids is 1. The fourth-order valence-electron chi connectivity index (χ4n) is 2.41. The van der Waals surface area contributed by atoms with E-state index in [-0.39, 0.29) is 23.6 Å². The smallest absolute Gasteiger partial charge is 0.311 e. The van der Waals surface area contributed by atoms with Gasteiger partial charge in [0, 0.05) is 17.2 Å². The van der Waals surface area contributed by atoms with Crippen molar-refractivity contribution in [3.8, 4) is 17.1 Å². The van der Waals surface area contributed by atoms with Gasteiger partial charge in [0.1, 0.15) is 0 Å². The first-order chi connectivity index (χ1) is 13.1. The lowest BCUT2D eigenvalue weighted by molar-refractivity contribution is -0.385. The van der Waals surface area contributed by atoms with Crippen LogP contribution in [-0.2, 0) is 0 Å². The molecule has 0 bridgehead atoms. The van der Waals surface area contributed by atoms with Gasteiger partial charge in [-0.15, -0.1) is 0 Å². The lowest BCUT2D eigenvalue weighted by Gasteiger charge is -2.08. The number of nitrogens with one attached hydrogen (secondary N) is 1. The van der Waals surface area contributed by atoms with E-state index in [1.165, 1.54) is 30.6 Å². The summed E-state index contributed by atoms with van der Waals surface area (Å²) in [6.45, 7) is 2.01. The number of rotatable bonds is 6. The molecule has 0 unspecified atom stereocenters. The zero-order valence-corrected chi connectivity index (χ0v) is 14.5. The molecular weight excluding hydrogens is 348 g/mol. The molecule has 1 heterocycles. The molecule has 27 heavy (non-hydrogen) atoms. The van der Waals surface area contributed by atoms with Gasteiger partial charge in [-0.1, -0.05) is 30.3 Å². The molecule has 0 fully saturated rings. The third-order valence-electron chi connectivity index (χ3n) is 3.66. The summed E-state index contributed by atoms with van der Waals surface area (Å²) in [5.74, 6) is 0.150. The minimum absolute atomic E-state index is 0.120. The predicted molar refractivity (Wildman–Crippen MR) is 99.7 cm³/mol. The maximum Gasteiger partial charge on any atom is 0.311 e. The van der Waals surface area contributed by atoms with E-state index in [9.17, 15) is 14.9 Å². The molecule has 3 rings (SSSR count). The van der Waals surface area contributed by atoms with Crippen LogP contribution in [0.15, 0.2) is 60.9 Å². The molecule has 3 aromatic rings. The maximum absolute atomic E-state index is 12.4. The van der Waals surface area contributed by atoms with Crippen LogP contribution in [0.2, 0.25) is 0 Å². The molecule has 1 aromatic heterocycles. The molecule has 136 valence electrons. The van der Waals surface area contributed by atoms with E-state index in [2.05, 4.69) is 15.3 Å². The van der Waals surface area contributed by atoms with Gasteiger partial charge in [-0.3, -0.25) is 14.9 Å². The quantitative estimate of drug-likeness (QED) is 0.528. The van der Waals surface area contributed by atoms with Crippen molar-refractivity contribution in [1.82, 2.24) is 9.97 Å². The number of benzene rings is 2. The second-order valence-corrected chi connectivity index (χ2v) is 5.49. The number of aromatic nitrogens is 2. The van der Waals surface area contributed by atoms with Gasteiger partial charge in [-0.25, -0.2) is 9.97 Å². The highest BCUT2D eigenvalue weighted by molar-refractivity contribution is 6.04. The second-order valence-electron chi connectivity index (χ2n) is 5.49. The monoisotopic (exact) mass is 364 g/mol. The average molecular weight is 364 g/mol. The number of nitro benzene ring substituents is 1. The van der Waals surface area contributed by atoms with E-state index in [0.717, 1.165) is 5.56 Å². The Bertz CT molecular complexity index is 959. The second kappa shape index (κ2) is 8.05. The molecule has 0 radical (unpaired) electrons. The topological polar surface area (TPSA) is 107 Å². The number of amides is 1. The average Bonchev–Trinajstić information content (AvgIpc) is 2.69. The summed E-state index contributed by atoms with van der Waals surface area (Å²) >= 11 is 0. The van der Waals surface area contributed by atoms with E-state index in [1.54, 1.807) is 6.92 Å². The molecule has 0 spiro atoms. The zero-order valence-electron chi connectivity index (χ0n) is 14.5. The van der Waals surface area contributed by atoms with E-state index in [4.69, 9.17) is 4.74 Å². The lowest BCUT2D eigenvalue weighted by atomic mass is 10.1. The van der Waals surface area contributed by atoms with Crippen molar-refractivity contribution in [2.45, 2.75) is 6.92 Å². The van der Waals surface area contributed by atoms with Crippen molar-refractivity contribution in [2.24, 2.45) is 0 Å². The van der Waals surface area contributed by atoms with Crippen molar-refractivity contribution in [3.05, 3.63) is 76.6 Å². The number of carbonyl (C=O) groups is 1. The number of anilines is 1. The van der Waals surface area contributed by atoms with Crippen molar-refractivity contribution in [3.63, 3.8) is 0 Å². The highest BCUT2D eigenvalue weighted by atomic mass is 16.6. The third kappa shape index (κ3) is 4.24. The fourth-order valence-corrected chi connectivity index (χ4v) is 2.41. The van der Waals surface area contributed by atoms with Gasteiger partial charge in [-0.2, -0.15) is 0 Å². The molecule has 0 aliphatic heterocycles. The molecule has 0 saturated heterocycles. The van der Waals surface area contributed by atoms with Gasteiger partial charge in [0.25, 0.3) is 5.91 Å². The molecular formula is C19H16N4O4. The van der Waals surface area contributed by atoms with Crippen LogP contribution in [0.4, 0.5) is 11.4 Å². The highest BCUT2D eigenvalue weighted by Gasteiger charge is 2.18. The highest BCUT2D eigenvalue weighted by Crippen LogP contribution is 2.28. The van der Waals surface area contributed by atoms with Crippen molar-refractivity contribution < 1.29 is 14.5 Å². The van der Waals surface area contributed by atoms with Crippen LogP contribution in [0.25, 0.3) is 11.4 Å². The molecule has 0 saturated carbocycles. The molecule has 1 N–H and O–H groups in total. The van der Waals surface area contributed by atoms with Gasteiger partial charge < -0.3 is 10.1 Å². The fraction of sp³-hybridized carbons (Fsp3) is 0.105. The van der Waals surface area contributed by atoms with Crippen molar-refractivity contribution in [2.75, 3.05) is 11.9 Å². The molecule has 8 heteroatoms. The first kappa shape index (κ1) is 18.0. The first-order valence-corrected chi connectivity index (χ1v) is 8.18. The van der Waals surface area contributed by atoms with Crippen molar-refractivity contribution >= 4 is 17.3 Å². The van der Waals surface area contributed by atoms with E-state index in [0.29, 0.717) is 11.5 Å². The standard InChI is InChI=1S/C19H16N4O4/c1-2-27-17-9-8-14(10-16(17)23(25)26)19(24)22-15-11-20-18(21-12-15)13-6-4-3-5-7-13/h3-12H,2H2,1H3,(H,22,24). The normalized spacial score (nSPS) is 10.3. The molecule has 0 atom stereocenters. The van der Waals surface area contributed by atoms with Gasteiger partial charge >= 0.3 is 5.69 Å². The van der Waals surface area contributed by atoms with E-state index in [1.807, 2.05) is 30.3 Å². The largest absolute Gasteiger partial charge is 0.487 e. The Morgan fingerprint density at radius 2 is 1.85 bits per heavy atom. The minimum atomic E-state index is -0.584. The third-order valence-corrected chi connectivity index (χ3v) is 3.66. The van der Waals surface area contributed by atoms with Crippen molar-refractivity contribution in [1.29, 1.82) is 0 Å². The Hall–Kier alpha value is -3.81. The SMILES string of the molecule is CCOc1ccc(C(=O)Nc2cnc(-c3ccccc3)nc2)cc1[N+](=O)[O-]. The summed E-state index contributed by atoms with van der Waals surface area (Å²) < 4.78 is 5.21. The Labute approximate surface area is 155 Å². The summed E-state index contributed by atoms with van der Waals surface area (Å²) in [7, 11) is 0. The summed E-state index contributed by atoms with van der Waals surface area (Å²) in [6.07, 6.45) is 2.96. The number of nitrogens with zero attached hydrogens (tertiary/aromatic N) is 3. The van der Waals surface area contributed by atoms with Crippen LogP contribution in [-0.4, -0.2) is 27.4 Å². The van der Waals surface area contributed by atoms with Crippen LogP contribution in [0.3, 0.4) is 0 Å². The predicted octanol–water partition coefficient (Wildman–Crippen LogP) is 3.70. The van der Waals surface area contributed by atoms with Gasteiger partial charge in [0.05, 0.1) is 29.6 Å². The van der Waals surface area contributed by atoms with Crippen LogP contribution in [0.1, 0.15) is 17.3 Å². The molecule has 0 aliphatic rings. The zero-order chi connectivity index (χ0) is 19.2. The molecule has 8 nitrogen and oxygen atoms in total. The van der Waals surface area contributed by atoms with Crippen LogP contribution >= 0.6 is 0 Å². The maximum atomic E-state index is 12.4. The summed E-state index contributed by atoms with van der Waals surface area (Å²) in [4.78, 5) is 31.4. The summed E-state index contributed by atoms with van der Waals surface area (Å²) in [5.41, 5.74) is 1.12. The van der Waals surface area contributed by atoms with E-state index >= 15 is 0 Å². The minimum Gasteiger partial charge on any atom is -0.487 e. The van der Waals surface area contributed by atoms with Gasteiger partial charge in [0.2, 0.25) is 0 Å². The number of hydrogen-bond acceptors (Lipinski definition) is 6. The molecule has 0 aliphatic carbocycles. The van der Waals surface area contributed by atoms with Gasteiger partial charge in [0.15, 0.2) is 11.6 Å². The number of hydrogen-bond donors (Lipinski definition) is 1. The Balaban J connectivity index is 1.77. The lowest BCUT2D eigenvalue weighted by Crippen LogP contribution is -2.13. The Morgan fingerprint density at radius 1 is 1.15 bits per heavy atom. The molecule has 2 aromatic carbocycles. The van der Waals surface area contributed by atoms with Crippen LogP contribution in [0, 0.1) is 10.1 Å². The van der Waals surface area contributed by atoms with Gasteiger partial charge in [-0.05, 0) is 19.1 Å². The molecule has 1 amide bonds. The first-order valence-electron chi connectivity index (χ1n) is 8.18. The van der Waals surface area contributed by atoms with Crippen LogP contribution in [0.5, 0.6) is 5.75 Å². The Morgan fingerprint density at radius 3 is 2.48 bits per heavy atom. The summed E-state index contributed by atoms with van der Waals surface area (Å²) in [5, 5.41) is 13.8. The van der Waals surface area contributed by atoms with Crippen LogP contribution < -0.4 is 10.1 Å². The Kier molecular flexibility index (Phi) is 5.36.